The number of anilines is 1. The lowest BCUT2D eigenvalue weighted by molar-refractivity contribution is 0.0951. The number of halogens is 1. The van der Waals surface area contributed by atoms with Crippen molar-refractivity contribution < 1.29 is 9.00 Å². The van der Waals surface area contributed by atoms with Gasteiger partial charge in [0, 0.05) is 29.4 Å². The number of aromatic nitrogens is 1. The Kier molecular flexibility index (Phi) is 5.33. The maximum Gasteiger partial charge on any atom is 0.271 e. The van der Waals surface area contributed by atoms with Crippen LogP contribution in [0.5, 0.6) is 0 Å². The van der Waals surface area contributed by atoms with Gasteiger partial charge in [-0.2, -0.15) is 0 Å². The first-order chi connectivity index (χ1) is 8.04. The number of pyridine rings is 1. The zero-order valence-electron chi connectivity index (χ0n) is 9.20. The monoisotopic (exact) mass is 276 g/mol. The van der Waals surface area contributed by atoms with Crippen LogP contribution in [0, 0.1) is 0 Å². The fraction of sp³-hybridized carbons (Fsp3) is 0.333. The van der Waals surface area contributed by atoms with Crippen LogP contribution in [0.15, 0.2) is 12.1 Å². The Morgan fingerprint density at radius 2 is 2.29 bits per heavy atom. The highest BCUT2D eigenvalue weighted by Gasteiger charge is 2.12. The number of carbonyl (C=O) groups is 1. The van der Waals surface area contributed by atoms with Crippen molar-refractivity contribution in [3.05, 3.63) is 22.8 Å². The van der Waals surface area contributed by atoms with E-state index in [1.807, 2.05) is 0 Å². The van der Waals surface area contributed by atoms with Gasteiger partial charge in [0.25, 0.3) is 5.91 Å². The lowest BCUT2D eigenvalue weighted by Gasteiger charge is -2.06. The average molecular weight is 277 g/mol. The second-order valence-electron chi connectivity index (χ2n) is 3.20. The first kappa shape index (κ1) is 13.9. The normalized spacial score (nSPS) is 11.9. The molecule has 8 heteroatoms. The number of hydrogen-bond donors (Lipinski definition) is 3. The molecule has 0 saturated heterocycles. The van der Waals surface area contributed by atoms with Crippen LogP contribution >= 0.6 is 11.6 Å². The number of rotatable bonds is 5. The molecule has 0 saturated carbocycles. The van der Waals surface area contributed by atoms with E-state index >= 15 is 0 Å². The number of nitrogen functional groups attached to an aromatic ring is 1. The Balaban J connectivity index is 2.70. The molecule has 0 radical (unpaired) electrons. The quantitative estimate of drug-likeness (QED) is 0.525. The number of nitrogens with zero attached hydrogens (tertiary/aromatic N) is 1. The minimum absolute atomic E-state index is 0.0870. The van der Waals surface area contributed by atoms with Crippen molar-refractivity contribution in [2.24, 2.45) is 5.84 Å². The van der Waals surface area contributed by atoms with Crippen LogP contribution in [0.25, 0.3) is 0 Å². The molecule has 0 spiro atoms. The Morgan fingerprint density at radius 3 is 2.88 bits per heavy atom. The topological polar surface area (TPSA) is 97.1 Å². The van der Waals surface area contributed by atoms with Gasteiger partial charge in [-0.1, -0.05) is 11.6 Å². The Hall–Kier alpha value is -1.18. The van der Waals surface area contributed by atoms with Crippen molar-refractivity contribution in [1.29, 1.82) is 0 Å². The summed E-state index contributed by atoms with van der Waals surface area (Å²) in [5.74, 6) is 5.50. The van der Waals surface area contributed by atoms with Crippen LogP contribution in [0.4, 0.5) is 5.82 Å². The van der Waals surface area contributed by atoms with Crippen molar-refractivity contribution in [3.63, 3.8) is 0 Å². The highest BCUT2D eigenvalue weighted by Crippen LogP contribution is 2.15. The fourth-order valence-corrected chi connectivity index (χ4v) is 1.65. The van der Waals surface area contributed by atoms with E-state index in [4.69, 9.17) is 17.4 Å². The molecule has 0 aliphatic heterocycles. The van der Waals surface area contributed by atoms with Crippen LogP contribution in [-0.2, 0) is 10.8 Å². The van der Waals surface area contributed by atoms with Crippen LogP contribution in [-0.4, -0.2) is 33.7 Å². The van der Waals surface area contributed by atoms with Crippen LogP contribution in [0.3, 0.4) is 0 Å². The summed E-state index contributed by atoms with van der Waals surface area (Å²) in [4.78, 5) is 15.6. The van der Waals surface area contributed by atoms with Gasteiger partial charge in [-0.05, 0) is 12.1 Å². The molecule has 0 aliphatic carbocycles. The largest absolute Gasteiger partial charge is 0.350 e. The number of carbonyl (C=O) groups excluding carboxylic acids is 1. The molecule has 0 aliphatic rings. The van der Waals surface area contributed by atoms with E-state index in [0.29, 0.717) is 18.1 Å². The van der Waals surface area contributed by atoms with Gasteiger partial charge >= 0.3 is 0 Å². The molecular weight excluding hydrogens is 264 g/mol. The highest BCUT2D eigenvalue weighted by atomic mass is 35.5. The minimum Gasteiger partial charge on any atom is -0.350 e. The molecule has 1 aromatic heterocycles. The van der Waals surface area contributed by atoms with Gasteiger partial charge in [-0.3, -0.25) is 9.00 Å². The average Bonchev–Trinajstić information content (AvgIpc) is 2.29. The molecule has 0 fully saturated rings. The van der Waals surface area contributed by atoms with Gasteiger partial charge < -0.3 is 10.7 Å². The summed E-state index contributed by atoms with van der Waals surface area (Å²) >= 11 is 5.84. The summed E-state index contributed by atoms with van der Waals surface area (Å²) in [6, 6.07) is 3.08. The number of nitrogens with one attached hydrogen (secondary N) is 2. The SMILES string of the molecule is CS(=O)CCNC(=O)c1nc(NN)ccc1Cl. The summed E-state index contributed by atoms with van der Waals surface area (Å²) in [7, 11) is -0.950. The molecule has 1 heterocycles. The molecule has 6 nitrogen and oxygen atoms in total. The summed E-state index contributed by atoms with van der Waals surface area (Å²) in [6.07, 6.45) is 1.57. The van der Waals surface area contributed by atoms with Crippen LogP contribution in [0.1, 0.15) is 10.5 Å². The van der Waals surface area contributed by atoms with Gasteiger partial charge in [0.05, 0.1) is 5.02 Å². The minimum atomic E-state index is -0.950. The second-order valence-corrected chi connectivity index (χ2v) is 5.17. The summed E-state index contributed by atoms with van der Waals surface area (Å²) in [6.45, 7) is 0.306. The Labute approximate surface area is 106 Å². The molecular formula is C9H13ClN4O2S. The Morgan fingerprint density at radius 1 is 1.59 bits per heavy atom. The molecule has 1 atom stereocenters. The third-order valence-electron chi connectivity index (χ3n) is 1.88. The molecule has 1 aromatic rings. The van der Waals surface area contributed by atoms with Crippen molar-refractivity contribution in [2.45, 2.75) is 0 Å². The zero-order chi connectivity index (χ0) is 12.8. The lowest BCUT2D eigenvalue weighted by Crippen LogP contribution is -2.28. The lowest BCUT2D eigenvalue weighted by atomic mass is 10.3. The van der Waals surface area contributed by atoms with Gasteiger partial charge in [0.15, 0.2) is 0 Å². The van der Waals surface area contributed by atoms with Gasteiger partial charge in [0.2, 0.25) is 0 Å². The third kappa shape index (κ3) is 4.29. The zero-order valence-corrected chi connectivity index (χ0v) is 10.8. The van der Waals surface area contributed by atoms with Gasteiger partial charge in [-0.25, -0.2) is 10.8 Å². The Bertz CT molecular complexity index is 441. The number of hydrazine groups is 1. The first-order valence-electron chi connectivity index (χ1n) is 4.76. The second kappa shape index (κ2) is 6.53. The molecule has 1 unspecified atom stereocenters. The van der Waals surface area contributed by atoms with E-state index < -0.39 is 16.7 Å². The molecule has 4 N–H and O–H groups in total. The first-order valence-corrected chi connectivity index (χ1v) is 6.86. The maximum atomic E-state index is 11.7. The summed E-state index contributed by atoms with van der Waals surface area (Å²) in [5, 5.41) is 2.81. The maximum absolute atomic E-state index is 11.7. The van der Waals surface area contributed by atoms with E-state index in [-0.39, 0.29) is 10.7 Å². The molecule has 17 heavy (non-hydrogen) atoms. The summed E-state index contributed by atoms with van der Waals surface area (Å²) in [5.41, 5.74) is 2.41. The molecule has 0 aromatic carbocycles. The van der Waals surface area contributed by atoms with E-state index in [1.165, 1.54) is 6.07 Å². The van der Waals surface area contributed by atoms with Crippen molar-refractivity contribution in [2.75, 3.05) is 24.0 Å². The van der Waals surface area contributed by atoms with Crippen LogP contribution in [0.2, 0.25) is 5.02 Å². The molecule has 1 amide bonds. The van der Waals surface area contributed by atoms with Crippen molar-refractivity contribution in [1.82, 2.24) is 10.3 Å². The van der Waals surface area contributed by atoms with E-state index in [9.17, 15) is 9.00 Å². The standard InChI is InChI=1S/C9H13ClN4O2S/c1-17(16)5-4-12-9(15)8-6(10)2-3-7(13-8)14-11/h2-3H,4-5,11H2,1H3,(H,12,15)(H,13,14). The number of hydrogen-bond acceptors (Lipinski definition) is 5. The van der Waals surface area contributed by atoms with Crippen LogP contribution < -0.4 is 16.6 Å². The van der Waals surface area contributed by atoms with Crippen molar-refractivity contribution in [3.8, 4) is 0 Å². The molecule has 94 valence electrons. The van der Waals surface area contributed by atoms with E-state index in [2.05, 4.69) is 15.7 Å². The fourth-order valence-electron chi connectivity index (χ4n) is 1.07. The smallest absolute Gasteiger partial charge is 0.271 e. The molecule has 1 rings (SSSR count). The molecule has 0 bridgehead atoms. The van der Waals surface area contributed by atoms with Gasteiger partial charge in [-0.15, -0.1) is 0 Å². The number of amides is 1. The predicted molar refractivity (Wildman–Crippen MR) is 68.3 cm³/mol. The highest BCUT2D eigenvalue weighted by molar-refractivity contribution is 7.84. The van der Waals surface area contributed by atoms with E-state index in [1.54, 1.807) is 12.3 Å². The van der Waals surface area contributed by atoms with Gasteiger partial charge in [0.1, 0.15) is 11.5 Å². The van der Waals surface area contributed by atoms with Crippen molar-refractivity contribution >= 4 is 34.1 Å². The summed E-state index contributed by atoms with van der Waals surface area (Å²) < 4.78 is 10.8. The van der Waals surface area contributed by atoms with E-state index in [0.717, 1.165) is 0 Å². The third-order valence-corrected chi connectivity index (χ3v) is 2.97. The predicted octanol–water partition coefficient (Wildman–Crippen LogP) is 0.129. The number of nitrogens with two attached hydrogens (primary N) is 1.